The van der Waals surface area contributed by atoms with Gasteiger partial charge < -0.3 is 4.74 Å². The Bertz CT molecular complexity index is 407. The summed E-state index contributed by atoms with van der Waals surface area (Å²) in [5.41, 5.74) is 1.71. The minimum atomic E-state index is 0.188. The van der Waals surface area contributed by atoms with Crippen LogP contribution < -0.4 is 0 Å². The van der Waals surface area contributed by atoms with Crippen molar-refractivity contribution in [3.63, 3.8) is 0 Å². The Morgan fingerprint density at radius 1 is 1.39 bits per heavy atom. The molecule has 2 aliphatic heterocycles. The first-order chi connectivity index (χ1) is 8.65. The SMILES string of the molecule is CC1(C)COCCN1CC1Cc2ccccc2S1. The van der Waals surface area contributed by atoms with E-state index in [2.05, 4.69) is 43.0 Å². The van der Waals surface area contributed by atoms with E-state index in [1.165, 1.54) is 23.4 Å². The average Bonchev–Trinajstić information content (AvgIpc) is 2.74. The Labute approximate surface area is 114 Å². The molecule has 1 unspecified atom stereocenters. The maximum absolute atomic E-state index is 5.59. The minimum Gasteiger partial charge on any atom is -0.378 e. The average molecular weight is 263 g/mol. The van der Waals surface area contributed by atoms with E-state index >= 15 is 0 Å². The summed E-state index contributed by atoms with van der Waals surface area (Å²) >= 11 is 2.05. The number of hydrogen-bond acceptors (Lipinski definition) is 3. The van der Waals surface area contributed by atoms with Crippen LogP contribution in [0.15, 0.2) is 29.2 Å². The molecule has 2 nitrogen and oxygen atoms in total. The Balaban J connectivity index is 1.65. The summed E-state index contributed by atoms with van der Waals surface area (Å²) in [5, 5.41) is 0.708. The molecule has 0 saturated carbocycles. The molecule has 2 aliphatic rings. The van der Waals surface area contributed by atoms with Crippen molar-refractivity contribution in [3.05, 3.63) is 29.8 Å². The minimum absolute atomic E-state index is 0.188. The number of ether oxygens (including phenoxy) is 1. The predicted molar refractivity (Wildman–Crippen MR) is 76.3 cm³/mol. The van der Waals surface area contributed by atoms with E-state index in [0.29, 0.717) is 5.25 Å². The first-order valence-electron chi connectivity index (χ1n) is 6.72. The van der Waals surface area contributed by atoms with E-state index in [0.717, 1.165) is 19.8 Å². The van der Waals surface area contributed by atoms with Crippen LogP contribution in [0.2, 0.25) is 0 Å². The van der Waals surface area contributed by atoms with Gasteiger partial charge >= 0.3 is 0 Å². The molecule has 0 radical (unpaired) electrons. The third-order valence-corrected chi connectivity index (χ3v) is 5.26. The van der Waals surface area contributed by atoms with Gasteiger partial charge in [-0.15, -0.1) is 11.8 Å². The zero-order valence-corrected chi connectivity index (χ0v) is 12.0. The number of hydrogen-bond donors (Lipinski definition) is 0. The lowest BCUT2D eigenvalue weighted by molar-refractivity contribution is -0.0503. The molecule has 0 amide bonds. The molecule has 98 valence electrons. The molecule has 1 aromatic carbocycles. The van der Waals surface area contributed by atoms with Crippen molar-refractivity contribution >= 4 is 11.8 Å². The molecule has 0 aliphatic carbocycles. The van der Waals surface area contributed by atoms with Crippen molar-refractivity contribution in [2.24, 2.45) is 0 Å². The lowest BCUT2D eigenvalue weighted by Gasteiger charge is -2.43. The predicted octanol–water partition coefficient (Wildman–Crippen LogP) is 2.81. The Kier molecular flexibility index (Phi) is 3.39. The van der Waals surface area contributed by atoms with Crippen molar-refractivity contribution in [2.75, 3.05) is 26.3 Å². The molecule has 1 saturated heterocycles. The number of rotatable bonds is 2. The molecule has 1 fully saturated rings. The van der Waals surface area contributed by atoms with Gasteiger partial charge in [0.2, 0.25) is 0 Å². The van der Waals surface area contributed by atoms with Gasteiger partial charge in [0, 0.05) is 28.8 Å². The number of morpholine rings is 1. The number of nitrogens with zero attached hydrogens (tertiary/aromatic N) is 1. The summed E-state index contributed by atoms with van der Waals surface area (Å²) < 4.78 is 5.59. The van der Waals surface area contributed by atoms with Gasteiger partial charge in [-0.05, 0) is 31.9 Å². The van der Waals surface area contributed by atoms with Crippen molar-refractivity contribution in [2.45, 2.75) is 36.0 Å². The highest BCUT2D eigenvalue weighted by Crippen LogP contribution is 2.38. The second-order valence-electron chi connectivity index (χ2n) is 5.86. The van der Waals surface area contributed by atoms with Crippen LogP contribution in [0.4, 0.5) is 0 Å². The van der Waals surface area contributed by atoms with Crippen LogP contribution >= 0.6 is 11.8 Å². The van der Waals surface area contributed by atoms with E-state index in [-0.39, 0.29) is 5.54 Å². The molecular weight excluding hydrogens is 242 g/mol. The van der Waals surface area contributed by atoms with Gasteiger partial charge in [0.15, 0.2) is 0 Å². The Morgan fingerprint density at radius 2 is 2.22 bits per heavy atom. The van der Waals surface area contributed by atoms with Crippen molar-refractivity contribution in [3.8, 4) is 0 Å². The highest BCUT2D eigenvalue weighted by Gasteiger charge is 2.33. The van der Waals surface area contributed by atoms with E-state index in [4.69, 9.17) is 4.74 Å². The number of benzene rings is 1. The van der Waals surface area contributed by atoms with E-state index < -0.39 is 0 Å². The van der Waals surface area contributed by atoms with Gasteiger partial charge in [-0.1, -0.05) is 18.2 Å². The van der Waals surface area contributed by atoms with Gasteiger partial charge in [-0.3, -0.25) is 4.90 Å². The maximum atomic E-state index is 5.59. The largest absolute Gasteiger partial charge is 0.378 e. The van der Waals surface area contributed by atoms with Gasteiger partial charge in [-0.25, -0.2) is 0 Å². The first-order valence-corrected chi connectivity index (χ1v) is 7.60. The summed E-state index contributed by atoms with van der Waals surface area (Å²) in [6.45, 7) is 8.57. The Hall–Kier alpha value is -0.510. The lowest BCUT2D eigenvalue weighted by Crippen LogP contribution is -2.54. The highest BCUT2D eigenvalue weighted by molar-refractivity contribution is 8.00. The highest BCUT2D eigenvalue weighted by atomic mass is 32.2. The fraction of sp³-hybridized carbons (Fsp3) is 0.600. The van der Waals surface area contributed by atoms with Crippen LogP contribution in [0.5, 0.6) is 0 Å². The van der Waals surface area contributed by atoms with E-state index in [1.54, 1.807) is 0 Å². The number of thioether (sulfide) groups is 1. The number of fused-ring (bicyclic) bond motifs is 1. The molecule has 0 aromatic heterocycles. The normalized spacial score (nSPS) is 27.1. The molecule has 1 atom stereocenters. The van der Waals surface area contributed by atoms with Crippen molar-refractivity contribution in [1.29, 1.82) is 0 Å². The summed E-state index contributed by atoms with van der Waals surface area (Å²) in [6.07, 6.45) is 1.22. The molecule has 3 heteroatoms. The topological polar surface area (TPSA) is 12.5 Å². The molecule has 0 N–H and O–H groups in total. The second kappa shape index (κ2) is 4.87. The maximum Gasteiger partial charge on any atom is 0.0645 e. The smallest absolute Gasteiger partial charge is 0.0645 e. The fourth-order valence-corrected chi connectivity index (χ4v) is 4.17. The van der Waals surface area contributed by atoms with Gasteiger partial charge in [-0.2, -0.15) is 0 Å². The summed E-state index contributed by atoms with van der Waals surface area (Å²) in [6, 6.07) is 8.82. The van der Waals surface area contributed by atoms with Crippen LogP contribution in [-0.4, -0.2) is 42.0 Å². The second-order valence-corrected chi connectivity index (χ2v) is 7.20. The van der Waals surface area contributed by atoms with E-state index in [1.807, 2.05) is 11.8 Å². The van der Waals surface area contributed by atoms with Gasteiger partial charge in [0.1, 0.15) is 0 Å². The molecule has 0 spiro atoms. The van der Waals surface area contributed by atoms with Crippen LogP contribution in [0, 0.1) is 0 Å². The van der Waals surface area contributed by atoms with Crippen molar-refractivity contribution in [1.82, 2.24) is 4.90 Å². The zero-order chi connectivity index (χ0) is 12.6. The van der Waals surface area contributed by atoms with Crippen LogP contribution in [-0.2, 0) is 11.2 Å². The van der Waals surface area contributed by atoms with Crippen LogP contribution in [0.25, 0.3) is 0 Å². The third kappa shape index (κ3) is 2.44. The van der Waals surface area contributed by atoms with Gasteiger partial charge in [0.05, 0.1) is 13.2 Å². The molecule has 3 rings (SSSR count). The standard InChI is InChI=1S/C15H21NOS/c1-15(2)11-17-8-7-16(15)10-13-9-12-5-3-4-6-14(12)18-13/h3-6,13H,7-11H2,1-2H3. The monoisotopic (exact) mass is 263 g/mol. The van der Waals surface area contributed by atoms with E-state index in [9.17, 15) is 0 Å². The molecule has 18 heavy (non-hydrogen) atoms. The summed E-state index contributed by atoms with van der Waals surface area (Å²) in [5.74, 6) is 0. The summed E-state index contributed by atoms with van der Waals surface area (Å²) in [7, 11) is 0. The third-order valence-electron chi connectivity index (χ3n) is 3.95. The molecule has 1 aromatic rings. The molecule has 2 heterocycles. The quantitative estimate of drug-likeness (QED) is 0.814. The van der Waals surface area contributed by atoms with Crippen LogP contribution in [0.1, 0.15) is 19.4 Å². The first kappa shape index (κ1) is 12.5. The Morgan fingerprint density at radius 3 is 3.00 bits per heavy atom. The zero-order valence-electron chi connectivity index (χ0n) is 11.2. The molecular formula is C15H21NOS. The van der Waals surface area contributed by atoms with Crippen molar-refractivity contribution < 1.29 is 4.74 Å². The summed E-state index contributed by atoms with van der Waals surface area (Å²) in [4.78, 5) is 4.08. The fourth-order valence-electron chi connectivity index (χ4n) is 2.83. The van der Waals surface area contributed by atoms with Gasteiger partial charge in [0.25, 0.3) is 0 Å². The molecule has 0 bridgehead atoms. The van der Waals surface area contributed by atoms with Crippen LogP contribution in [0.3, 0.4) is 0 Å². The lowest BCUT2D eigenvalue weighted by atomic mass is 10.0.